The Morgan fingerprint density at radius 3 is 2.12 bits per heavy atom. The fourth-order valence-electron chi connectivity index (χ4n) is 1.31. The highest BCUT2D eigenvalue weighted by molar-refractivity contribution is 5.32. The van der Waals surface area contributed by atoms with E-state index in [0.717, 1.165) is 5.92 Å². The molecule has 8 heavy (non-hydrogen) atoms. The molecule has 2 bridgehead atoms. The van der Waals surface area contributed by atoms with Gasteiger partial charge in [-0.1, -0.05) is 24.3 Å². The number of hydrogen-bond acceptors (Lipinski definition) is 0. The molecule has 0 unspecified atom stereocenters. The van der Waals surface area contributed by atoms with Crippen molar-refractivity contribution in [2.75, 3.05) is 0 Å². The van der Waals surface area contributed by atoms with Gasteiger partial charge in [-0.25, -0.2) is 0 Å². The summed E-state index contributed by atoms with van der Waals surface area (Å²) < 4.78 is 0. The van der Waals surface area contributed by atoms with Crippen molar-refractivity contribution in [3.63, 3.8) is 0 Å². The van der Waals surface area contributed by atoms with Crippen molar-refractivity contribution >= 4 is 0 Å². The van der Waals surface area contributed by atoms with E-state index >= 15 is 0 Å². The third-order valence-electron chi connectivity index (χ3n) is 1.88. The summed E-state index contributed by atoms with van der Waals surface area (Å²) in [4.78, 5) is 0. The van der Waals surface area contributed by atoms with E-state index in [0.29, 0.717) is 0 Å². The Morgan fingerprint density at radius 1 is 1.25 bits per heavy atom. The highest BCUT2D eigenvalue weighted by atomic mass is 14.2. The highest BCUT2D eigenvalue weighted by Gasteiger charge is 2.16. The topological polar surface area (TPSA) is 0 Å². The third kappa shape index (κ3) is 0.525. The third-order valence-corrected chi connectivity index (χ3v) is 1.88. The van der Waals surface area contributed by atoms with Crippen LogP contribution in [0.1, 0.15) is 12.8 Å². The molecule has 3 rings (SSSR count). The predicted molar refractivity (Wildman–Crippen MR) is 34.2 cm³/mol. The van der Waals surface area contributed by atoms with Crippen LogP contribution in [0.3, 0.4) is 0 Å². The first-order chi connectivity index (χ1) is 3.95. The van der Waals surface area contributed by atoms with Crippen LogP contribution < -0.4 is 0 Å². The smallest absolute Gasteiger partial charge is 0.0188 e. The second-order valence-electron chi connectivity index (χ2n) is 2.50. The minimum atomic E-state index is 0.771. The summed E-state index contributed by atoms with van der Waals surface area (Å²) in [7, 11) is 0. The van der Waals surface area contributed by atoms with Gasteiger partial charge in [-0.15, -0.1) is 0 Å². The van der Waals surface area contributed by atoms with E-state index in [1.807, 2.05) is 0 Å². The maximum Gasteiger partial charge on any atom is 0.0188 e. The van der Waals surface area contributed by atoms with E-state index in [2.05, 4.69) is 24.3 Å². The van der Waals surface area contributed by atoms with E-state index in [4.69, 9.17) is 0 Å². The van der Waals surface area contributed by atoms with Crippen LogP contribution in [0.15, 0.2) is 24.3 Å². The summed E-state index contributed by atoms with van der Waals surface area (Å²) in [6.07, 6.45) is 11.7. The maximum absolute atomic E-state index is 2.29. The molecule has 0 nitrogen and oxygen atoms in total. The normalized spacial score (nSPS) is 27.5. The summed E-state index contributed by atoms with van der Waals surface area (Å²) in [6.45, 7) is 0. The molecule has 0 heteroatoms. The Morgan fingerprint density at radius 2 is 2.00 bits per heavy atom. The SMILES string of the molecule is C1=CC2C=C[C]1CC2. The number of allylic oxidation sites excluding steroid dienone is 4. The molecule has 0 aromatic heterocycles. The summed E-state index contributed by atoms with van der Waals surface area (Å²) in [5.74, 6) is 2.28. The van der Waals surface area contributed by atoms with Gasteiger partial charge < -0.3 is 0 Å². The molecule has 0 saturated carbocycles. The Kier molecular flexibility index (Phi) is 0.806. The van der Waals surface area contributed by atoms with E-state index in [1.165, 1.54) is 18.8 Å². The minimum absolute atomic E-state index is 0.771. The molecule has 0 aromatic carbocycles. The molecule has 0 aliphatic heterocycles. The van der Waals surface area contributed by atoms with Crippen molar-refractivity contribution in [1.82, 2.24) is 0 Å². The fourth-order valence-corrected chi connectivity index (χ4v) is 1.31. The van der Waals surface area contributed by atoms with Crippen molar-refractivity contribution in [2.45, 2.75) is 12.8 Å². The predicted octanol–water partition coefficient (Wildman–Crippen LogP) is 2.10. The zero-order valence-corrected chi connectivity index (χ0v) is 4.80. The quantitative estimate of drug-likeness (QED) is 0.442. The van der Waals surface area contributed by atoms with Crippen LogP contribution in [-0.4, -0.2) is 0 Å². The molecule has 41 valence electrons. The number of hydrogen-bond donors (Lipinski definition) is 0. The van der Waals surface area contributed by atoms with Gasteiger partial charge in [0.15, 0.2) is 0 Å². The molecule has 3 aliphatic carbocycles. The molecular formula is C8H9. The summed E-state index contributed by atoms with van der Waals surface area (Å²) in [6, 6.07) is 0. The van der Waals surface area contributed by atoms with Crippen molar-refractivity contribution in [2.24, 2.45) is 5.92 Å². The van der Waals surface area contributed by atoms with Gasteiger partial charge >= 0.3 is 0 Å². The summed E-state index contributed by atoms with van der Waals surface area (Å²) >= 11 is 0. The number of fused-ring (bicyclic) bond motifs is 1. The van der Waals surface area contributed by atoms with Gasteiger partial charge in [0.1, 0.15) is 0 Å². The van der Waals surface area contributed by atoms with Gasteiger partial charge in [-0.05, 0) is 18.8 Å². The monoisotopic (exact) mass is 105 g/mol. The Bertz CT molecular complexity index is 112. The molecule has 0 heterocycles. The Balaban J connectivity index is 2.31. The van der Waals surface area contributed by atoms with Crippen LogP contribution in [-0.2, 0) is 0 Å². The van der Waals surface area contributed by atoms with E-state index in [-0.39, 0.29) is 0 Å². The van der Waals surface area contributed by atoms with E-state index in [9.17, 15) is 0 Å². The second kappa shape index (κ2) is 1.48. The van der Waals surface area contributed by atoms with Crippen LogP contribution in [0.2, 0.25) is 0 Å². The largest absolute Gasteiger partial charge is 0.0807 e. The average Bonchev–Trinajstić information content (AvgIpc) is 1.92. The molecule has 1 radical (unpaired) electrons. The molecule has 0 spiro atoms. The lowest BCUT2D eigenvalue weighted by molar-refractivity contribution is 0.637. The van der Waals surface area contributed by atoms with Gasteiger partial charge in [0, 0.05) is 5.92 Å². The number of rotatable bonds is 0. The lowest BCUT2D eigenvalue weighted by Crippen LogP contribution is -2.08. The molecule has 0 fully saturated rings. The van der Waals surface area contributed by atoms with Crippen LogP contribution >= 0.6 is 0 Å². The van der Waals surface area contributed by atoms with Crippen LogP contribution in [0, 0.1) is 11.8 Å². The minimum Gasteiger partial charge on any atom is -0.0807 e. The Labute approximate surface area is 49.9 Å². The van der Waals surface area contributed by atoms with Crippen LogP contribution in [0.4, 0.5) is 0 Å². The molecular weight excluding hydrogens is 96.1 g/mol. The van der Waals surface area contributed by atoms with Crippen molar-refractivity contribution in [1.29, 1.82) is 0 Å². The second-order valence-corrected chi connectivity index (χ2v) is 2.50. The van der Waals surface area contributed by atoms with Crippen molar-refractivity contribution < 1.29 is 0 Å². The molecule has 0 atom stereocenters. The molecule has 0 amide bonds. The zero-order chi connectivity index (χ0) is 5.40. The van der Waals surface area contributed by atoms with Crippen molar-refractivity contribution in [3.8, 4) is 0 Å². The first-order valence-corrected chi connectivity index (χ1v) is 3.17. The maximum atomic E-state index is 2.29. The van der Waals surface area contributed by atoms with Crippen LogP contribution in [0.25, 0.3) is 0 Å². The fraction of sp³-hybridized carbons (Fsp3) is 0.375. The standard InChI is InChI=1S/C8H9/c1-2-8-5-3-7(1)4-6-8/h1-3,5,7H,4,6H2. The lowest BCUT2D eigenvalue weighted by atomic mass is 9.82. The Hall–Kier alpha value is -0.520. The summed E-state index contributed by atoms with van der Waals surface area (Å²) in [5, 5.41) is 0. The van der Waals surface area contributed by atoms with Gasteiger partial charge in [0.25, 0.3) is 0 Å². The molecule has 0 aromatic rings. The first-order valence-electron chi connectivity index (χ1n) is 3.17. The molecule has 3 aliphatic rings. The van der Waals surface area contributed by atoms with Gasteiger partial charge in [-0.3, -0.25) is 0 Å². The van der Waals surface area contributed by atoms with Gasteiger partial charge in [-0.2, -0.15) is 0 Å². The molecule has 0 saturated heterocycles. The van der Waals surface area contributed by atoms with E-state index in [1.54, 1.807) is 0 Å². The average molecular weight is 105 g/mol. The van der Waals surface area contributed by atoms with Crippen LogP contribution in [0.5, 0.6) is 0 Å². The van der Waals surface area contributed by atoms with Crippen molar-refractivity contribution in [3.05, 3.63) is 30.2 Å². The highest BCUT2D eigenvalue weighted by Crippen LogP contribution is 2.30. The molecule has 0 N–H and O–H groups in total. The van der Waals surface area contributed by atoms with Gasteiger partial charge in [0.2, 0.25) is 0 Å². The van der Waals surface area contributed by atoms with E-state index < -0.39 is 0 Å². The zero-order valence-electron chi connectivity index (χ0n) is 4.80. The lowest BCUT2D eigenvalue weighted by Gasteiger charge is -2.22. The first kappa shape index (κ1) is 4.37. The van der Waals surface area contributed by atoms with Gasteiger partial charge in [0.05, 0.1) is 0 Å². The summed E-state index contributed by atoms with van der Waals surface area (Å²) in [5.41, 5.74) is 0.